The van der Waals surface area contributed by atoms with Crippen LogP contribution in [0.15, 0.2) is 60.7 Å². The molecule has 4 heteroatoms. The van der Waals surface area contributed by atoms with E-state index in [1.165, 1.54) is 0 Å². The number of nitrogens with zero attached hydrogens (tertiary/aromatic N) is 1. The number of hydrogen-bond donors (Lipinski definition) is 1. The van der Waals surface area contributed by atoms with Crippen molar-refractivity contribution < 1.29 is 14.7 Å². The van der Waals surface area contributed by atoms with Crippen molar-refractivity contribution in [2.45, 2.75) is 24.2 Å². The molecule has 4 nitrogen and oxygen atoms in total. The summed E-state index contributed by atoms with van der Waals surface area (Å²) in [6.07, 6.45) is 1.69. The predicted molar refractivity (Wildman–Crippen MR) is 94.2 cm³/mol. The van der Waals surface area contributed by atoms with Crippen molar-refractivity contribution in [2.75, 3.05) is 13.1 Å². The number of hydrogen-bond acceptors (Lipinski definition) is 2. The van der Waals surface area contributed by atoms with E-state index in [0.717, 1.165) is 24.0 Å². The van der Waals surface area contributed by atoms with Crippen molar-refractivity contribution in [3.05, 3.63) is 71.8 Å². The summed E-state index contributed by atoms with van der Waals surface area (Å²) in [5, 5.41) is 9.64. The molecule has 4 rings (SSSR count). The molecule has 0 bridgehead atoms. The zero-order valence-corrected chi connectivity index (χ0v) is 14.0. The van der Waals surface area contributed by atoms with Crippen LogP contribution in [-0.4, -0.2) is 35.0 Å². The lowest BCUT2D eigenvalue weighted by molar-refractivity contribution is -0.142. The van der Waals surface area contributed by atoms with Gasteiger partial charge in [-0.25, -0.2) is 0 Å². The molecule has 2 unspecified atom stereocenters. The zero-order valence-electron chi connectivity index (χ0n) is 14.0. The Hall–Kier alpha value is -2.62. The molecule has 2 aliphatic rings. The number of amides is 1. The summed E-state index contributed by atoms with van der Waals surface area (Å²) in [7, 11) is 0. The molecule has 0 aromatic heterocycles. The zero-order chi connectivity index (χ0) is 17.4. The van der Waals surface area contributed by atoms with E-state index < -0.39 is 17.3 Å². The summed E-state index contributed by atoms with van der Waals surface area (Å²) < 4.78 is 0. The molecule has 1 aliphatic heterocycles. The van der Waals surface area contributed by atoms with Crippen LogP contribution in [0.25, 0.3) is 0 Å². The molecular weight excluding hydrogens is 314 g/mol. The third-order valence-corrected chi connectivity index (χ3v) is 5.64. The number of aliphatic carboxylic acids is 1. The Kier molecular flexibility index (Phi) is 3.83. The molecule has 1 saturated carbocycles. The van der Waals surface area contributed by atoms with Gasteiger partial charge in [0.2, 0.25) is 5.91 Å². The summed E-state index contributed by atoms with van der Waals surface area (Å²) in [6, 6.07) is 19.6. The molecule has 2 fully saturated rings. The maximum absolute atomic E-state index is 13.2. The van der Waals surface area contributed by atoms with Gasteiger partial charge in [-0.15, -0.1) is 0 Å². The lowest BCUT2D eigenvalue weighted by Crippen LogP contribution is -2.38. The number of carboxylic acid groups (broad SMARTS) is 1. The smallest absolute Gasteiger partial charge is 0.308 e. The van der Waals surface area contributed by atoms with Gasteiger partial charge >= 0.3 is 5.97 Å². The molecule has 0 spiro atoms. The lowest BCUT2D eigenvalue weighted by atomic mass is 9.89. The molecule has 128 valence electrons. The Morgan fingerprint density at radius 1 is 0.920 bits per heavy atom. The van der Waals surface area contributed by atoms with Crippen molar-refractivity contribution >= 4 is 11.9 Å². The minimum absolute atomic E-state index is 0.0865. The summed E-state index contributed by atoms with van der Waals surface area (Å²) in [6.45, 7) is 0.775. The number of likely N-dealkylation sites (tertiary alicyclic amines) is 1. The molecule has 1 heterocycles. The first-order chi connectivity index (χ1) is 12.1. The molecule has 25 heavy (non-hydrogen) atoms. The molecule has 2 atom stereocenters. The topological polar surface area (TPSA) is 57.6 Å². The van der Waals surface area contributed by atoms with E-state index in [4.69, 9.17) is 0 Å². The quantitative estimate of drug-likeness (QED) is 0.934. The van der Waals surface area contributed by atoms with Gasteiger partial charge in [-0.3, -0.25) is 9.59 Å². The third kappa shape index (κ3) is 2.72. The van der Waals surface area contributed by atoms with E-state index >= 15 is 0 Å². The van der Waals surface area contributed by atoms with Gasteiger partial charge in [-0.2, -0.15) is 0 Å². The Morgan fingerprint density at radius 3 is 2.08 bits per heavy atom. The standard InChI is InChI=1S/C21H21NO3/c23-19(24)18-14-22(13-17(18)15-7-3-1-4-8-15)20(25)21(11-12-21)16-9-5-2-6-10-16/h1-10,17-18H,11-14H2,(H,23,24). The van der Waals surface area contributed by atoms with E-state index in [1.54, 1.807) is 4.90 Å². The van der Waals surface area contributed by atoms with Crippen LogP contribution in [0.1, 0.15) is 29.9 Å². The average Bonchev–Trinajstić information content (AvgIpc) is 3.34. The first-order valence-electron chi connectivity index (χ1n) is 8.74. The monoisotopic (exact) mass is 335 g/mol. The van der Waals surface area contributed by atoms with Gasteiger partial charge in [0.05, 0.1) is 11.3 Å². The second kappa shape index (κ2) is 6.03. The summed E-state index contributed by atoms with van der Waals surface area (Å²) in [5.41, 5.74) is 1.61. The van der Waals surface area contributed by atoms with E-state index in [9.17, 15) is 14.7 Å². The van der Waals surface area contributed by atoms with Crippen LogP contribution < -0.4 is 0 Å². The Balaban J connectivity index is 1.60. The second-order valence-corrected chi connectivity index (χ2v) is 7.12. The fraction of sp³-hybridized carbons (Fsp3) is 0.333. The van der Waals surface area contributed by atoms with Gasteiger partial charge in [-0.05, 0) is 24.0 Å². The number of benzene rings is 2. The van der Waals surface area contributed by atoms with Crippen molar-refractivity contribution in [3.8, 4) is 0 Å². The van der Waals surface area contributed by atoms with Crippen molar-refractivity contribution in [1.29, 1.82) is 0 Å². The Morgan fingerprint density at radius 2 is 1.52 bits per heavy atom. The number of carbonyl (C=O) groups excluding carboxylic acids is 1. The number of rotatable bonds is 4. The third-order valence-electron chi connectivity index (χ3n) is 5.64. The minimum atomic E-state index is -0.825. The predicted octanol–water partition coefficient (Wildman–Crippen LogP) is 3.05. The molecular formula is C21H21NO3. The lowest BCUT2D eigenvalue weighted by Gasteiger charge is -2.23. The normalized spacial score (nSPS) is 24.1. The molecule has 2 aromatic carbocycles. The van der Waals surface area contributed by atoms with Crippen LogP contribution in [0.2, 0.25) is 0 Å². The Bertz CT molecular complexity index is 783. The maximum atomic E-state index is 13.2. The van der Waals surface area contributed by atoms with Gasteiger partial charge in [0, 0.05) is 19.0 Å². The van der Waals surface area contributed by atoms with Crippen LogP contribution in [0, 0.1) is 5.92 Å². The van der Waals surface area contributed by atoms with Crippen LogP contribution in [0.4, 0.5) is 0 Å². The molecule has 0 radical (unpaired) electrons. The van der Waals surface area contributed by atoms with Gasteiger partial charge in [-0.1, -0.05) is 60.7 Å². The van der Waals surface area contributed by atoms with Crippen molar-refractivity contribution in [3.63, 3.8) is 0 Å². The first kappa shape index (κ1) is 15.9. The first-order valence-corrected chi connectivity index (χ1v) is 8.74. The van der Waals surface area contributed by atoms with E-state index in [-0.39, 0.29) is 11.8 Å². The summed E-state index contributed by atoms with van der Waals surface area (Å²) in [4.78, 5) is 26.7. The molecule has 1 amide bonds. The fourth-order valence-electron chi connectivity index (χ4n) is 4.07. The van der Waals surface area contributed by atoms with Gasteiger partial charge in [0.25, 0.3) is 0 Å². The van der Waals surface area contributed by atoms with E-state index in [0.29, 0.717) is 13.1 Å². The molecule has 1 saturated heterocycles. The summed E-state index contributed by atoms with van der Waals surface area (Å²) >= 11 is 0. The fourth-order valence-corrected chi connectivity index (χ4v) is 4.07. The second-order valence-electron chi connectivity index (χ2n) is 7.12. The Labute approximate surface area is 147 Å². The summed E-state index contributed by atoms with van der Waals surface area (Å²) in [5.74, 6) is -1.43. The van der Waals surface area contributed by atoms with E-state index in [1.807, 2.05) is 60.7 Å². The van der Waals surface area contributed by atoms with Gasteiger partial charge in [0.1, 0.15) is 0 Å². The van der Waals surface area contributed by atoms with Crippen LogP contribution in [0.3, 0.4) is 0 Å². The molecule has 2 aromatic rings. The molecule has 1 N–H and O–H groups in total. The minimum Gasteiger partial charge on any atom is -0.481 e. The SMILES string of the molecule is O=C(O)C1CN(C(=O)C2(c3ccccc3)CC2)CC1c1ccccc1. The van der Waals surface area contributed by atoms with Gasteiger partial charge in [0.15, 0.2) is 0 Å². The number of carbonyl (C=O) groups is 2. The van der Waals surface area contributed by atoms with Crippen LogP contribution >= 0.6 is 0 Å². The maximum Gasteiger partial charge on any atom is 0.308 e. The highest BCUT2D eigenvalue weighted by atomic mass is 16.4. The molecule has 1 aliphatic carbocycles. The highest BCUT2D eigenvalue weighted by Crippen LogP contribution is 2.50. The highest BCUT2D eigenvalue weighted by Gasteiger charge is 2.55. The van der Waals surface area contributed by atoms with Crippen LogP contribution in [0.5, 0.6) is 0 Å². The van der Waals surface area contributed by atoms with Crippen molar-refractivity contribution in [1.82, 2.24) is 4.90 Å². The van der Waals surface area contributed by atoms with Gasteiger partial charge < -0.3 is 10.0 Å². The highest BCUT2D eigenvalue weighted by molar-refractivity contribution is 5.92. The van der Waals surface area contributed by atoms with Crippen molar-refractivity contribution in [2.24, 2.45) is 5.92 Å². The number of carboxylic acids is 1. The van der Waals surface area contributed by atoms with E-state index in [2.05, 4.69) is 0 Å². The largest absolute Gasteiger partial charge is 0.481 e. The average molecular weight is 335 g/mol. The van der Waals surface area contributed by atoms with Crippen LogP contribution in [-0.2, 0) is 15.0 Å².